The third-order valence-corrected chi connectivity index (χ3v) is 4.78. The molecule has 0 aromatic carbocycles. The molecule has 102 valence electrons. The SMILES string of the molecule is Cc1cscc1CN1CC(CC(C)C)NCC1C. The second-order valence-electron chi connectivity index (χ2n) is 6.09. The van der Waals surface area contributed by atoms with Gasteiger partial charge in [0.2, 0.25) is 0 Å². The maximum Gasteiger partial charge on any atom is 0.0248 e. The molecule has 0 radical (unpaired) electrons. The molecule has 0 amide bonds. The lowest BCUT2D eigenvalue weighted by Gasteiger charge is -2.39. The van der Waals surface area contributed by atoms with Crippen LogP contribution >= 0.6 is 11.3 Å². The zero-order valence-electron chi connectivity index (χ0n) is 12.1. The largest absolute Gasteiger partial charge is 0.311 e. The Bertz CT molecular complexity index is 372. The molecule has 0 spiro atoms. The van der Waals surface area contributed by atoms with Gasteiger partial charge in [-0.2, -0.15) is 11.3 Å². The van der Waals surface area contributed by atoms with Crippen LogP contribution in [-0.4, -0.2) is 30.1 Å². The summed E-state index contributed by atoms with van der Waals surface area (Å²) in [4.78, 5) is 2.64. The number of nitrogens with one attached hydrogen (secondary N) is 1. The number of hydrogen-bond donors (Lipinski definition) is 1. The molecule has 0 aliphatic carbocycles. The average Bonchev–Trinajstić information content (AvgIpc) is 2.69. The molecule has 1 aliphatic heterocycles. The second-order valence-corrected chi connectivity index (χ2v) is 6.84. The standard InChI is InChI=1S/C15H26N2S/c1-11(2)5-15-8-17(13(4)6-16-15)7-14-10-18-9-12(14)3/h9-11,13,15-16H,5-8H2,1-4H3. The highest BCUT2D eigenvalue weighted by Crippen LogP contribution is 2.20. The van der Waals surface area contributed by atoms with Crippen molar-refractivity contribution in [3.05, 3.63) is 21.9 Å². The van der Waals surface area contributed by atoms with Crippen molar-refractivity contribution < 1.29 is 0 Å². The number of nitrogens with zero attached hydrogens (tertiary/aromatic N) is 1. The van der Waals surface area contributed by atoms with Gasteiger partial charge >= 0.3 is 0 Å². The smallest absolute Gasteiger partial charge is 0.0248 e. The van der Waals surface area contributed by atoms with Crippen LogP contribution in [0.4, 0.5) is 0 Å². The van der Waals surface area contributed by atoms with Crippen molar-refractivity contribution in [1.29, 1.82) is 0 Å². The van der Waals surface area contributed by atoms with Gasteiger partial charge in [0, 0.05) is 31.7 Å². The minimum absolute atomic E-state index is 0.646. The maximum atomic E-state index is 3.69. The first-order valence-electron chi connectivity index (χ1n) is 7.05. The van der Waals surface area contributed by atoms with Crippen molar-refractivity contribution >= 4 is 11.3 Å². The van der Waals surface area contributed by atoms with Gasteiger partial charge in [-0.1, -0.05) is 13.8 Å². The van der Waals surface area contributed by atoms with Gasteiger partial charge in [0.15, 0.2) is 0 Å². The van der Waals surface area contributed by atoms with Crippen molar-refractivity contribution in [3.8, 4) is 0 Å². The highest BCUT2D eigenvalue weighted by atomic mass is 32.1. The summed E-state index contributed by atoms with van der Waals surface area (Å²) in [5.41, 5.74) is 2.96. The van der Waals surface area contributed by atoms with Crippen LogP contribution in [0.15, 0.2) is 10.8 Å². The highest BCUT2D eigenvalue weighted by Gasteiger charge is 2.25. The van der Waals surface area contributed by atoms with Crippen LogP contribution in [0.5, 0.6) is 0 Å². The summed E-state index contributed by atoms with van der Waals surface area (Å²) < 4.78 is 0. The van der Waals surface area contributed by atoms with Crippen LogP contribution in [-0.2, 0) is 6.54 Å². The summed E-state index contributed by atoms with van der Waals surface area (Å²) in [7, 11) is 0. The molecule has 1 fully saturated rings. The van der Waals surface area contributed by atoms with Crippen molar-refractivity contribution in [2.75, 3.05) is 13.1 Å². The van der Waals surface area contributed by atoms with Crippen LogP contribution in [0.2, 0.25) is 0 Å². The summed E-state index contributed by atoms with van der Waals surface area (Å²) in [6.07, 6.45) is 1.28. The van der Waals surface area contributed by atoms with Gasteiger partial charge in [0.1, 0.15) is 0 Å². The lowest BCUT2D eigenvalue weighted by Crippen LogP contribution is -2.55. The first kappa shape index (κ1) is 14.0. The van der Waals surface area contributed by atoms with Gasteiger partial charge in [-0.15, -0.1) is 0 Å². The van der Waals surface area contributed by atoms with E-state index in [1.165, 1.54) is 24.1 Å². The summed E-state index contributed by atoms with van der Waals surface area (Å²) in [5, 5.41) is 8.25. The van der Waals surface area contributed by atoms with E-state index >= 15 is 0 Å². The molecule has 3 heteroatoms. The Hall–Kier alpha value is -0.380. The molecule has 2 nitrogen and oxygen atoms in total. The third-order valence-electron chi connectivity index (χ3n) is 3.87. The zero-order valence-corrected chi connectivity index (χ0v) is 12.9. The molecule has 1 N–H and O–H groups in total. The van der Waals surface area contributed by atoms with Crippen LogP contribution in [0.3, 0.4) is 0 Å². The molecule has 2 unspecified atom stereocenters. The van der Waals surface area contributed by atoms with Crippen molar-refractivity contribution in [2.24, 2.45) is 5.92 Å². The molecule has 1 aromatic rings. The number of hydrogen-bond acceptors (Lipinski definition) is 3. The predicted molar refractivity (Wildman–Crippen MR) is 80.2 cm³/mol. The van der Waals surface area contributed by atoms with E-state index in [4.69, 9.17) is 0 Å². The normalized spacial score (nSPS) is 25.8. The minimum Gasteiger partial charge on any atom is -0.311 e. The van der Waals surface area contributed by atoms with Gasteiger partial charge in [0.25, 0.3) is 0 Å². The fourth-order valence-electron chi connectivity index (χ4n) is 2.71. The molecule has 18 heavy (non-hydrogen) atoms. The van der Waals surface area contributed by atoms with E-state index in [2.05, 4.69) is 48.7 Å². The summed E-state index contributed by atoms with van der Waals surface area (Å²) in [6.45, 7) is 12.6. The van der Waals surface area contributed by atoms with E-state index in [9.17, 15) is 0 Å². The van der Waals surface area contributed by atoms with Crippen molar-refractivity contribution in [2.45, 2.75) is 52.7 Å². The molecule has 0 bridgehead atoms. The first-order chi connectivity index (χ1) is 8.56. The average molecular weight is 266 g/mol. The summed E-state index contributed by atoms with van der Waals surface area (Å²) >= 11 is 1.83. The molecule has 1 aliphatic rings. The predicted octanol–water partition coefficient (Wildman–Crippen LogP) is 3.26. The number of rotatable bonds is 4. The minimum atomic E-state index is 0.646. The highest BCUT2D eigenvalue weighted by molar-refractivity contribution is 7.08. The Balaban J connectivity index is 1.95. The second kappa shape index (κ2) is 6.18. The Kier molecular flexibility index (Phi) is 4.82. The summed E-state index contributed by atoms with van der Waals surface area (Å²) in [5.74, 6) is 0.778. The van der Waals surface area contributed by atoms with E-state index in [0.717, 1.165) is 19.0 Å². The lowest BCUT2D eigenvalue weighted by molar-refractivity contribution is 0.124. The Morgan fingerprint density at radius 1 is 1.44 bits per heavy atom. The van der Waals surface area contributed by atoms with Crippen LogP contribution < -0.4 is 5.32 Å². The van der Waals surface area contributed by atoms with E-state index in [1.54, 1.807) is 0 Å². The Morgan fingerprint density at radius 3 is 2.83 bits per heavy atom. The Labute approximate surface area is 115 Å². The van der Waals surface area contributed by atoms with Gasteiger partial charge in [0.05, 0.1) is 0 Å². The summed E-state index contributed by atoms with van der Waals surface area (Å²) in [6, 6.07) is 1.31. The quantitative estimate of drug-likeness (QED) is 0.900. The van der Waals surface area contributed by atoms with E-state index in [0.29, 0.717) is 12.1 Å². The van der Waals surface area contributed by atoms with Gasteiger partial charge in [-0.05, 0) is 48.1 Å². The van der Waals surface area contributed by atoms with E-state index in [-0.39, 0.29) is 0 Å². The van der Waals surface area contributed by atoms with Crippen LogP contribution in [0.1, 0.15) is 38.3 Å². The zero-order chi connectivity index (χ0) is 13.1. The number of thiophene rings is 1. The lowest BCUT2D eigenvalue weighted by atomic mass is 9.99. The van der Waals surface area contributed by atoms with Crippen molar-refractivity contribution in [1.82, 2.24) is 10.2 Å². The molecule has 1 saturated heterocycles. The maximum absolute atomic E-state index is 3.69. The topological polar surface area (TPSA) is 15.3 Å². The van der Waals surface area contributed by atoms with Gasteiger partial charge in [-0.25, -0.2) is 0 Å². The van der Waals surface area contributed by atoms with Crippen molar-refractivity contribution in [3.63, 3.8) is 0 Å². The third kappa shape index (κ3) is 3.56. The van der Waals surface area contributed by atoms with Crippen LogP contribution in [0, 0.1) is 12.8 Å². The first-order valence-corrected chi connectivity index (χ1v) is 7.99. The monoisotopic (exact) mass is 266 g/mol. The molecule has 0 saturated carbocycles. The molecular weight excluding hydrogens is 240 g/mol. The molecule has 2 atom stereocenters. The molecular formula is C15H26N2S. The fraction of sp³-hybridized carbons (Fsp3) is 0.733. The fourth-order valence-corrected chi connectivity index (χ4v) is 3.56. The number of aryl methyl sites for hydroxylation is 1. The van der Waals surface area contributed by atoms with Crippen LogP contribution in [0.25, 0.3) is 0 Å². The number of piperazine rings is 1. The van der Waals surface area contributed by atoms with Gasteiger partial charge < -0.3 is 5.32 Å². The van der Waals surface area contributed by atoms with Gasteiger partial charge in [-0.3, -0.25) is 4.90 Å². The van der Waals surface area contributed by atoms with E-state index < -0.39 is 0 Å². The molecule has 1 aromatic heterocycles. The van der Waals surface area contributed by atoms with E-state index in [1.807, 2.05) is 11.3 Å². The Morgan fingerprint density at radius 2 is 2.22 bits per heavy atom. The molecule has 2 heterocycles. The molecule has 2 rings (SSSR count).